The minimum atomic E-state index is -0.977. The zero-order valence-electron chi connectivity index (χ0n) is 17.4. The van der Waals surface area contributed by atoms with Gasteiger partial charge in [-0.25, -0.2) is 8.78 Å². The SMILES string of the molecule is Cc1cc(C)c(NC(=O)CN(C)C(=O)CCNC(=O)c2ccc(F)cc2F)c(C)c1. The topological polar surface area (TPSA) is 78.5 Å². The molecule has 0 aliphatic heterocycles. The van der Waals surface area contributed by atoms with Gasteiger partial charge in [0, 0.05) is 31.8 Å². The van der Waals surface area contributed by atoms with Crippen molar-refractivity contribution in [1.82, 2.24) is 10.2 Å². The fourth-order valence-electron chi connectivity index (χ4n) is 3.10. The number of rotatable bonds is 7. The minimum absolute atomic E-state index is 0.0450. The van der Waals surface area contributed by atoms with Gasteiger partial charge in [-0.3, -0.25) is 14.4 Å². The van der Waals surface area contributed by atoms with Gasteiger partial charge in [-0.1, -0.05) is 17.7 Å². The van der Waals surface area contributed by atoms with Crippen molar-refractivity contribution < 1.29 is 23.2 Å². The lowest BCUT2D eigenvalue weighted by Crippen LogP contribution is -2.37. The largest absolute Gasteiger partial charge is 0.351 e. The monoisotopic (exact) mass is 417 g/mol. The first-order valence-electron chi connectivity index (χ1n) is 9.43. The van der Waals surface area contributed by atoms with Crippen LogP contribution in [0.2, 0.25) is 0 Å². The maximum Gasteiger partial charge on any atom is 0.254 e. The Bertz CT molecular complexity index is 953. The summed E-state index contributed by atoms with van der Waals surface area (Å²) in [6.45, 7) is 5.58. The Hall–Kier alpha value is -3.29. The number of benzene rings is 2. The highest BCUT2D eigenvalue weighted by Gasteiger charge is 2.16. The molecule has 0 unspecified atom stereocenters. The molecule has 0 aromatic heterocycles. The quantitative estimate of drug-likeness (QED) is 0.727. The van der Waals surface area contributed by atoms with Gasteiger partial charge in [-0.15, -0.1) is 0 Å². The summed E-state index contributed by atoms with van der Waals surface area (Å²) >= 11 is 0. The average Bonchev–Trinajstić information content (AvgIpc) is 2.64. The van der Waals surface area contributed by atoms with Crippen LogP contribution in [0.1, 0.15) is 33.5 Å². The standard InChI is InChI=1S/C22H25F2N3O3/c1-13-9-14(2)21(15(3)10-13)26-19(28)12-27(4)20(29)7-8-25-22(30)17-6-5-16(23)11-18(17)24/h5-6,9-11H,7-8,12H2,1-4H3,(H,25,30)(H,26,28). The van der Waals surface area contributed by atoms with E-state index in [9.17, 15) is 23.2 Å². The summed E-state index contributed by atoms with van der Waals surface area (Å²) in [5.74, 6) is -3.20. The third-order valence-electron chi connectivity index (χ3n) is 4.55. The van der Waals surface area contributed by atoms with Crippen molar-refractivity contribution >= 4 is 23.4 Å². The molecule has 0 saturated carbocycles. The predicted octanol–water partition coefficient (Wildman–Crippen LogP) is 3.11. The van der Waals surface area contributed by atoms with Crippen LogP contribution >= 0.6 is 0 Å². The molecule has 3 amide bonds. The van der Waals surface area contributed by atoms with Gasteiger partial charge in [0.2, 0.25) is 11.8 Å². The van der Waals surface area contributed by atoms with Crippen molar-refractivity contribution in [3.8, 4) is 0 Å². The van der Waals surface area contributed by atoms with Crippen LogP contribution in [0, 0.1) is 32.4 Å². The zero-order chi connectivity index (χ0) is 22.4. The molecule has 0 fully saturated rings. The van der Waals surface area contributed by atoms with Crippen molar-refractivity contribution in [2.75, 3.05) is 25.5 Å². The maximum absolute atomic E-state index is 13.6. The molecule has 0 bridgehead atoms. The van der Waals surface area contributed by atoms with Crippen molar-refractivity contribution in [3.63, 3.8) is 0 Å². The minimum Gasteiger partial charge on any atom is -0.351 e. The summed E-state index contributed by atoms with van der Waals surface area (Å²) in [5, 5.41) is 5.23. The molecular weight excluding hydrogens is 392 g/mol. The number of carbonyl (C=O) groups is 3. The second-order valence-electron chi connectivity index (χ2n) is 7.20. The summed E-state index contributed by atoms with van der Waals surface area (Å²) in [7, 11) is 1.48. The Morgan fingerprint density at radius 2 is 1.63 bits per heavy atom. The Kier molecular flexibility index (Phi) is 7.63. The van der Waals surface area contributed by atoms with E-state index in [2.05, 4.69) is 10.6 Å². The molecule has 0 radical (unpaired) electrons. The van der Waals surface area contributed by atoms with Gasteiger partial charge in [0.1, 0.15) is 11.6 Å². The Balaban J connectivity index is 1.83. The van der Waals surface area contributed by atoms with E-state index in [1.807, 2.05) is 32.9 Å². The first kappa shape index (κ1) is 23.0. The van der Waals surface area contributed by atoms with E-state index in [1.165, 1.54) is 11.9 Å². The van der Waals surface area contributed by atoms with Crippen LogP contribution in [0.4, 0.5) is 14.5 Å². The van der Waals surface area contributed by atoms with Crippen molar-refractivity contribution in [2.24, 2.45) is 0 Å². The zero-order valence-corrected chi connectivity index (χ0v) is 17.4. The van der Waals surface area contributed by atoms with Crippen LogP contribution < -0.4 is 10.6 Å². The number of carbonyl (C=O) groups excluding carboxylic acids is 3. The molecular formula is C22H25F2N3O3. The lowest BCUT2D eigenvalue weighted by atomic mass is 10.1. The van der Waals surface area contributed by atoms with Gasteiger partial charge >= 0.3 is 0 Å². The summed E-state index contributed by atoms with van der Waals surface area (Å²) in [6, 6.07) is 6.55. The number of hydrogen-bond acceptors (Lipinski definition) is 3. The molecule has 0 aliphatic carbocycles. The average molecular weight is 417 g/mol. The van der Waals surface area contributed by atoms with Gasteiger partial charge < -0.3 is 15.5 Å². The third-order valence-corrected chi connectivity index (χ3v) is 4.55. The second-order valence-corrected chi connectivity index (χ2v) is 7.20. The first-order valence-corrected chi connectivity index (χ1v) is 9.43. The van der Waals surface area contributed by atoms with Crippen LogP contribution in [0.15, 0.2) is 30.3 Å². The van der Waals surface area contributed by atoms with E-state index in [-0.39, 0.29) is 36.9 Å². The van der Waals surface area contributed by atoms with Gasteiger partial charge in [0.25, 0.3) is 5.91 Å². The number of nitrogens with zero attached hydrogens (tertiary/aromatic N) is 1. The molecule has 160 valence electrons. The number of aryl methyl sites for hydroxylation is 3. The van der Waals surface area contributed by atoms with Crippen molar-refractivity contribution in [3.05, 3.63) is 64.2 Å². The molecule has 2 rings (SSSR count). The van der Waals surface area contributed by atoms with E-state index in [1.54, 1.807) is 0 Å². The summed E-state index contributed by atoms with van der Waals surface area (Å²) in [6.07, 6.45) is -0.0685. The highest BCUT2D eigenvalue weighted by atomic mass is 19.1. The molecule has 6 nitrogen and oxygen atoms in total. The summed E-state index contributed by atoms with van der Waals surface area (Å²) < 4.78 is 26.5. The van der Waals surface area contributed by atoms with Crippen LogP contribution in [-0.4, -0.2) is 42.8 Å². The van der Waals surface area contributed by atoms with Gasteiger partial charge in [-0.2, -0.15) is 0 Å². The molecule has 2 aromatic rings. The van der Waals surface area contributed by atoms with E-state index < -0.39 is 17.5 Å². The molecule has 2 aromatic carbocycles. The van der Waals surface area contributed by atoms with E-state index >= 15 is 0 Å². The van der Waals surface area contributed by atoms with Crippen molar-refractivity contribution in [1.29, 1.82) is 0 Å². The number of anilines is 1. The number of likely N-dealkylation sites (N-methyl/N-ethyl adjacent to an activating group) is 1. The Labute approximate surface area is 174 Å². The lowest BCUT2D eigenvalue weighted by molar-refractivity contribution is -0.133. The van der Waals surface area contributed by atoms with Crippen LogP contribution in [-0.2, 0) is 9.59 Å². The third kappa shape index (κ3) is 6.10. The molecule has 0 saturated heterocycles. The smallest absolute Gasteiger partial charge is 0.254 e. The van der Waals surface area contributed by atoms with E-state index in [0.717, 1.165) is 34.5 Å². The summed E-state index contributed by atoms with van der Waals surface area (Å²) in [5.41, 5.74) is 3.38. The number of nitrogens with one attached hydrogen (secondary N) is 2. The van der Waals surface area contributed by atoms with Gasteiger partial charge in [0.15, 0.2) is 0 Å². The van der Waals surface area contributed by atoms with Gasteiger partial charge in [-0.05, 0) is 44.0 Å². The highest BCUT2D eigenvalue weighted by Crippen LogP contribution is 2.21. The van der Waals surface area contributed by atoms with Crippen LogP contribution in [0.3, 0.4) is 0 Å². The number of halogens is 2. The lowest BCUT2D eigenvalue weighted by Gasteiger charge is -2.18. The fourth-order valence-corrected chi connectivity index (χ4v) is 3.10. The molecule has 0 spiro atoms. The molecule has 8 heteroatoms. The number of amides is 3. The molecule has 30 heavy (non-hydrogen) atoms. The van der Waals surface area contributed by atoms with Gasteiger partial charge in [0.05, 0.1) is 12.1 Å². The van der Waals surface area contributed by atoms with E-state index in [0.29, 0.717) is 6.07 Å². The fraction of sp³-hybridized carbons (Fsp3) is 0.318. The highest BCUT2D eigenvalue weighted by molar-refractivity contribution is 5.96. The van der Waals surface area contributed by atoms with Crippen LogP contribution in [0.5, 0.6) is 0 Å². The molecule has 2 N–H and O–H groups in total. The predicted molar refractivity (Wildman–Crippen MR) is 110 cm³/mol. The number of hydrogen-bond donors (Lipinski definition) is 2. The van der Waals surface area contributed by atoms with E-state index in [4.69, 9.17) is 0 Å². The van der Waals surface area contributed by atoms with Crippen molar-refractivity contribution in [2.45, 2.75) is 27.2 Å². The molecule has 0 heterocycles. The maximum atomic E-state index is 13.6. The first-order chi connectivity index (χ1) is 14.1. The molecule has 0 atom stereocenters. The normalized spacial score (nSPS) is 10.5. The molecule has 0 aliphatic rings. The van der Waals surface area contributed by atoms with Crippen LogP contribution in [0.25, 0.3) is 0 Å². The summed E-state index contributed by atoms with van der Waals surface area (Å²) in [4.78, 5) is 37.7. The Morgan fingerprint density at radius 1 is 1.00 bits per heavy atom. The Morgan fingerprint density at radius 3 is 2.23 bits per heavy atom. The second kappa shape index (κ2) is 9.96.